The van der Waals surface area contributed by atoms with E-state index < -0.39 is 0 Å². The van der Waals surface area contributed by atoms with Gasteiger partial charge in [-0.25, -0.2) is 0 Å². The predicted octanol–water partition coefficient (Wildman–Crippen LogP) is 2.01. The number of nitrogens with one attached hydrogen (secondary N) is 2. The molecule has 1 atom stereocenters. The molecule has 0 saturated heterocycles. The van der Waals surface area contributed by atoms with Gasteiger partial charge in [-0.3, -0.25) is 4.79 Å². The number of rotatable bonds is 7. The highest BCUT2D eigenvalue weighted by molar-refractivity contribution is 5.93. The van der Waals surface area contributed by atoms with E-state index in [4.69, 9.17) is 9.63 Å². The number of aliphatic hydroxyl groups is 1. The maximum atomic E-state index is 11.9. The van der Waals surface area contributed by atoms with Crippen molar-refractivity contribution in [3.05, 3.63) is 17.0 Å². The first kappa shape index (κ1) is 19.6. The quantitative estimate of drug-likeness (QED) is 0.717. The van der Waals surface area contributed by atoms with Gasteiger partial charge in [0, 0.05) is 17.6 Å². The van der Waals surface area contributed by atoms with E-state index in [0.717, 1.165) is 12.8 Å². The second kappa shape index (κ2) is 9.52. The number of aromatic nitrogens is 1. The van der Waals surface area contributed by atoms with Gasteiger partial charge in [0.2, 0.25) is 0 Å². The number of carbonyl (C=O) groups is 1. The molecule has 1 unspecified atom stereocenters. The third-order valence-corrected chi connectivity index (χ3v) is 3.73. The minimum Gasteiger partial charge on any atom is -0.388 e. The first-order valence-electron chi connectivity index (χ1n) is 7.50. The lowest BCUT2D eigenvalue weighted by Gasteiger charge is -2.27. The highest BCUT2D eigenvalue weighted by Gasteiger charge is 2.21. The minimum atomic E-state index is -0.268. The van der Waals surface area contributed by atoms with Gasteiger partial charge in [0.1, 0.15) is 6.61 Å². The number of aliphatic hydroxyl groups excluding tert-OH is 1. The van der Waals surface area contributed by atoms with Crippen molar-refractivity contribution in [2.75, 3.05) is 13.6 Å². The van der Waals surface area contributed by atoms with E-state index in [1.54, 1.807) is 6.92 Å². The molecule has 0 aliphatic heterocycles. The van der Waals surface area contributed by atoms with Gasteiger partial charge in [-0.15, -0.1) is 0 Å². The monoisotopic (exact) mass is 299 g/mol. The maximum Gasteiger partial charge on any atom is 0.273 e. The maximum absolute atomic E-state index is 11.9. The smallest absolute Gasteiger partial charge is 0.273 e. The molecule has 122 valence electrons. The summed E-state index contributed by atoms with van der Waals surface area (Å²) in [5, 5.41) is 18.7. The van der Waals surface area contributed by atoms with Crippen molar-refractivity contribution in [3.63, 3.8) is 0 Å². The summed E-state index contributed by atoms with van der Waals surface area (Å²) in [5.41, 5.74) is 0.848. The number of hydrogen-bond acceptors (Lipinski definition) is 5. The molecular weight excluding hydrogens is 270 g/mol. The molecule has 0 bridgehead atoms. The second-order valence-electron chi connectivity index (χ2n) is 4.91. The predicted molar refractivity (Wildman–Crippen MR) is 83.2 cm³/mol. The van der Waals surface area contributed by atoms with E-state index in [1.807, 2.05) is 20.9 Å². The molecule has 0 spiro atoms. The third-order valence-electron chi connectivity index (χ3n) is 3.73. The van der Waals surface area contributed by atoms with Crippen LogP contribution in [0.2, 0.25) is 0 Å². The molecule has 0 radical (unpaired) electrons. The molecule has 0 aromatic carbocycles. The normalized spacial score (nSPS) is 13.1. The van der Waals surface area contributed by atoms with Gasteiger partial charge in [0.25, 0.3) is 5.91 Å². The summed E-state index contributed by atoms with van der Waals surface area (Å²) in [6.45, 7) is 10.2. The van der Waals surface area contributed by atoms with Crippen LogP contribution >= 0.6 is 0 Å². The summed E-state index contributed by atoms with van der Waals surface area (Å²) in [4.78, 5) is 11.9. The summed E-state index contributed by atoms with van der Waals surface area (Å²) in [7, 11) is 1.92. The van der Waals surface area contributed by atoms with Gasteiger partial charge in [0.15, 0.2) is 11.5 Å². The highest BCUT2D eigenvalue weighted by Crippen LogP contribution is 2.14. The van der Waals surface area contributed by atoms with E-state index in [2.05, 4.69) is 29.6 Å². The fourth-order valence-corrected chi connectivity index (χ4v) is 1.74. The van der Waals surface area contributed by atoms with Crippen LogP contribution in [0.15, 0.2) is 4.52 Å². The van der Waals surface area contributed by atoms with Crippen LogP contribution in [0.3, 0.4) is 0 Å². The Balaban J connectivity index is 0.00000191. The molecule has 0 saturated carbocycles. The lowest BCUT2D eigenvalue weighted by Crippen LogP contribution is -2.42. The molecule has 6 nitrogen and oxygen atoms in total. The van der Waals surface area contributed by atoms with Crippen molar-refractivity contribution in [2.24, 2.45) is 0 Å². The Kier molecular flexibility index (Phi) is 8.89. The van der Waals surface area contributed by atoms with Crippen LogP contribution in [0.5, 0.6) is 0 Å². The van der Waals surface area contributed by atoms with E-state index in [9.17, 15) is 4.79 Å². The molecule has 6 heteroatoms. The zero-order valence-corrected chi connectivity index (χ0v) is 14.0. The van der Waals surface area contributed by atoms with Crippen LogP contribution in [0, 0.1) is 6.92 Å². The molecular formula is C15H29N3O3. The van der Waals surface area contributed by atoms with Gasteiger partial charge in [-0.1, -0.05) is 25.9 Å². The van der Waals surface area contributed by atoms with Crippen molar-refractivity contribution in [2.45, 2.75) is 59.6 Å². The second-order valence-corrected chi connectivity index (χ2v) is 4.91. The van der Waals surface area contributed by atoms with Gasteiger partial charge in [0.05, 0.1) is 0 Å². The fourth-order valence-electron chi connectivity index (χ4n) is 1.74. The average molecular weight is 299 g/mol. The number of carbonyl (C=O) groups excluding carboxylic acids is 1. The Morgan fingerprint density at radius 2 is 2.05 bits per heavy atom. The Morgan fingerprint density at radius 1 is 1.43 bits per heavy atom. The summed E-state index contributed by atoms with van der Waals surface area (Å²) in [6.07, 6.45) is 1.81. The topological polar surface area (TPSA) is 87.4 Å². The third kappa shape index (κ3) is 5.47. The fraction of sp³-hybridized carbons (Fsp3) is 0.733. The average Bonchev–Trinajstić information content (AvgIpc) is 2.89. The zero-order chi connectivity index (χ0) is 16.5. The first-order chi connectivity index (χ1) is 9.97. The number of nitrogens with zero attached hydrogens (tertiary/aromatic N) is 1. The van der Waals surface area contributed by atoms with Crippen molar-refractivity contribution >= 4 is 5.91 Å². The van der Waals surface area contributed by atoms with Gasteiger partial charge >= 0.3 is 0 Å². The van der Waals surface area contributed by atoms with Crippen LogP contribution in [0.1, 0.15) is 62.3 Å². The van der Waals surface area contributed by atoms with Gasteiger partial charge in [-0.05, 0) is 33.7 Å². The van der Waals surface area contributed by atoms with Crippen molar-refractivity contribution in [1.82, 2.24) is 15.8 Å². The first-order valence-corrected chi connectivity index (χ1v) is 7.50. The van der Waals surface area contributed by atoms with E-state index >= 15 is 0 Å². The standard InChI is InChI=1S/C13H23N3O3.C2H6/c1-5-13(3,14-4)6-7-15-12(18)11-9(2)10(8-17)19-16-11;1-2/h14,17H,5-8H2,1-4H3,(H,15,18);1-2H3. The molecule has 1 heterocycles. The van der Waals surface area contributed by atoms with E-state index in [0.29, 0.717) is 17.9 Å². The molecule has 1 aromatic rings. The Labute approximate surface area is 127 Å². The Morgan fingerprint density at radius 3 is 2.48 bits per heavy atom. The van der Waals surface area contributed by atoms with Crippen LogP contribution < -0.4 is 10.6 Å². The van der Waals surface area contributed by atoms with Crippen LogP contribution in [-0.2, 0) is 6.61 Å². The summed E-state index contributed by atoms with van der Waals surface area (Å²) < 4.78 is 4.88. The summed E-state index contributed by atoms with van der Waals surface area (Å²) in [5.74, 6) is 0.0641. The van der Waals surface area contributed by atoms with Crippen LogP contribution in [0.25, 0.3) is 0 Å². The van der Waals surface area contributed by atoms with Gasteiger partial charge < -0.3 is 20.3 Å². The lowest BCUT2D eigenvalue weighted by molar-refractivity contribution is 0.0940. The van der Waals surface area contributed by atoms with Crippen LogP contribution in [0.4, 0.5) is 0 Å². The number of hydrogen-bond donors (Lipinski definition) is 3. The molecule has 3 N–H and O–H groups in total. The van der Waals surface area contributed by atoms with Crippen LogP contribution in [-0.4, -0.2) is 35.3 Å². The van der Waals surface area contributed by atoms with Crippen molar-refractivity contribution in [1.29, 1.82) is 0 Å². The highest BCUT2D eigenvalue weighted by atomic mass is 16.5. The minimum absolute atomic E-state index is 0.0163. The molecule has 21 heavy (non-hydrogen) atoms. The molecule has 0 aliphatic rings. The van der Waals surface area contributed by atoms with E-state index in [-0.39, 0.29) is 23.7 Å². The van der Waals surface area contributed by atoms with Crippen molar-refractivity contribution < 1.29 is 14.4 Å². The summed E-state index contributed by atoms with van der Waals surface area (Å²) in [6, 6.07) is 0. The Hall–Kier alpha value is -1.40. The molecule has 1 rings (SSSR count). The molecule has 0 fully saturated rings. The Bertz CT molecular complexity index is 426. The zero-order valence-electron chi connectivity index (χ0n) is 14.0. The lowest BCUT2D eigenvalue weighted by atomic mass is 9.95. The van der Waals surface area contributed by atoms with Gasteiger partial charge in [-0.2, -0.15) is 0 Å². The SMILES string of the molecule is CC.CCC(C)(CCNC(=O)c1noc(CO)c1C)NC. The largest absolute Gasteiger partial charge is 0.388 e. The molecule has 1 amide bonds. The number of amides is 1. The van der Waals surface area contributed by atoms with E-state index in [1.165, 1.54) is 0 Å². The van der Waals surface area contributed by atoms with Crippen molar-refractivity contribution in [3.8, 4) is 0 Å². The molecule has 0 aliphatic carbocycles. The summed E-state index contributed by atoms with van der Waals surface area (Å²) >= 11 is 0. The molecule has 1 aromatic heterocycles.